The second-order valence-electron chi connectivity index (χ2n) is 1.51. The first kappa shape index (κ1) is 8.21. The molecule has 0 spiro atoms. The second-order valence-corrected chi connectivity index (χ2v) is 2.01. The molecule has 0 rings (SSSR count). The number of hydrogen-bond donors (Lipinski definition) is 1. The highest BCUT2D eigenvalue weighted by Gasteiger charge is 1.94. The van der Waals surface area contributed by atoms with E-state index in [1.807, 2.05) is 6.92 Å². The minimum absolute atomic E-state index is 0.232. The molecule has 0 aliphatic rings. The minimum atomic E-state index is -0.846. The smallest absolute Gasteiger partial charge is 0.151 e. The third kappa shape index (κ3) is 6.21. The molecule has 2 nitrogen and oxygen atoms in total. The standard InChI is InChI=1S/C5H11ClO2/c1-2-3-8-4-5(6)7/h5,7H,2-4H2,1H3. The largest absolute Gasteiger partial charge is 0.377 e. The molecule has 0 aromatic rings. The van der Waals surface area contributed by atoms with Gasteiger partial charge in [0.25, 0.3) is 0 Å². The Kier molecular flexibility index (Phi) is 5.49. The molecule has 0 saturated heterocycles. The fourth-order valence-electron chi connectivity index (χ4n) is 0.325. The van der Waals surface area contributed by atoms with Gasteiger partial charge in [-0.25, -0.2) is 0 Å². The van der Waals surface area contributed by atoms with Crippen LogP contribution in [0.25, 0.3) is 0 Å². The number of alkyl halides is 1. The van der Waals surface area contributed by atoms with Crippen LogP contribution in [0.3, 0.4) is 0 Å². The van der Waals surface area contributed by atoms with Crippen molar-refractivity contribution in [3.05, 3.63) is 0 Å². The van der Waals surface area contributed by atoms with Crippen LogP contribution in [0.5, 0.6) is 0 Å². The van der Waals surface area contributed by atoms with Gasteiger partial charge in [-0.15, -0.1) is 0 Å². The third-order valence-electron chi connectivity index (χ3n) is 0.604. The topological polar surface area (TPSA) is 29.5 Å². The number of rotatable bonds is 4. The maximum atomic E-state index is 8.42. The van der Waals surface area contributed by atoms with E-state index in [1.54, 1.807) is 0 Å². The Morgan fingerprint density at radius 3 is 2.75 bits per heavy atom. The van der Waals surface area contributed by atoms with Gasteiger partial charge < -0.3 is 9.84 Å². The molecule has 0 radical (unpaired) electrons. The number of halogens is 1. The van der Waals surface area contributed by atoms with Crippen LogP contribution in [0.2, 0.25) is 0 Å². The van der Waals surface area contributed by atoms with Gasteiger partial charge in [-0.2, -0.15) is 0 Å². The molecule has 0 fully saturated rings. The van der Waals surface area contributed by atoms with Gasteiger partial charge in [0, 0.05) is 6.61 Å². The second kappa shape index (κ2) is 5.35. The lowest BCUT2D eigenvalue weighted by atomic mass is 10.5. The van der Waals surface area contributed by atoms with Crippen LogP contribution in [-0.2, 0) is 4.74 Å². The van der Waals surface area contributed by atoms with Crippen molar-refractivity contribution in [1.29, 1.82) is 0 Å². The summed E-state index contributed by atoms with van der Waals surface area (Å²) in [6, 6.07) is 0. The Balaban J connectivity index is 2.72. The van der Waals surface area contributed by atoms with Crippen LogP contribution in [0.15, 0.2) is 0 Å². The van der Waals surface area contributed by atoms with Crippen LogP contribution in [0, 0.1) is 0 Å². The lowest BCUT2D eigenvalue weighted by molar-refractivity contribution is 0.0747. The summed E-state index contributed by atoms with van der Waals surface area (Å²) in [5, 5.41) is 8.42. The van der Waals surface area contributed by atoms with Crippen LogP contribution < -0.4 is 0 Å². The molecular formula is C5H11ClO2. The summed E-state index contributed by atoms with van der Waals surface area (Å²) in [6.07, 6.45) is 0.962. The zero-order chi connectivity index (χ0) is 6.41. The van der Waals surface area contributed by atoms with E-state index in [1.165, 1.54) is 0 Å². The molecule has 0 aromatic carbocycles. The van der Waals surface area contributed by atoms with Gasteiger partial charge in [-0.1, -0.05) is 18.5 Å². The maximum absolute atomic E-state index is 8.42. The molecule has 0 amide bonds. The SMILES string of the molecule is CCCOCC(O)Cl. The Hall–Kier alpha value is 0.210. The number of aliphatic hydroxyl groups is 1. The number of aliphatic hydroxyl groups excluding tert-OH is 1. The highest BCUT2D eigenvalue weighted by atomic mass is 35.5. The van der Waals surface area contributed by atoms with Crippen molar-refractivity contribution in [1.82, 2.24) is 0 Å². The van der Waals surface area contributed by atoms with Crippen molar-refractivity contribution >= 4 is 11.6 Å². The average Bonchev–Trinajstić information content (AvgIpc) is 1.66. The van der Waals surface area contributed by atoms with Crippen molar-refractivity contribution in [3.8, 4) is 0 Å². The molecule has 1 unspecified atom stereocenters. The van der Waals surface area contributed by atoms with Gasteiger partial charge in [-0.05, 0) is 6.42 Å². The molecule has 50 valence electrons. The van der Waals surface area contributed by atoms with E-state index < -0.39 is 5.56 Å². The minimum Gasteiger partial charge on any atom is -0.377 e. The fraction of sp³-hybridized carbons (Fsp3) is 1.00. The van der Waals surface area contributed by atoms with Gasteiger partial charge in [0.2, 0.25) is 0 Å². The Labute approximate surface area is 54.4 Å². The van der Waals surface area contributed by atoms with Crippen molar-refractivity contribution in [3.63, 3.8) is 0 Å². The van der Waals surface area contributed by atoms with E-state index >= 15 is 0 Å². The van der Waals surface area contributed by atoms with Crippen LogP contribution in [-0.4, -0.2) is 23.9 Å². The van der Waals surface area contributed by atoms with Gasteiger partial charge in [0.1, 0.15) is 0 Å². The maximum Gasteiger partial charge on any atom is 0.151 e. The van der Waals surface area contributed by atoms with Gasteiger partial charge in [-0.3, -0.25) is 0 Å². The summed E-state index contributed by atoms with van der Waals surface area (Å²) in [5.74, 6) is 0. The number of hydrogen-bond acceptors (Lipinski definition) is 2. The third-order valence-corrected chi connectivity index (χ3v) is 0.730. The quantitative estimate of drug-likeness (QED) is 0.464. The highest BCUT2D eigenvalue weighted by Crippen LogP contribution is 1.90. The van der Waals surface area contributed by atoms with E-state index in [9.17, 15) is 0 Å². The molecule has 0 aromatic heterocycles. The summed E-state index contributed by atoms with van der Waals surface area (Å²) in [5.41, 5.74) is -0.846. The van der Waals surface area contributed by atoms with Gasteiger partial charge in [0.05, 0.1) is 6.61 Å². The Bertz CT molecular complexity index is 47.7. The number of ether oxygens (including phenoxy) is 1. The van der Waals surface area contributed by atoms with Crippen LogP contribution in [0.4, 0.5) is 0 Å². The van der Waals surface area contributed by atoms with E-state index in [2.05, 4.69) is 0 Å². The Morgan fingerprint density at radius 2 is 2.38 bits per heavy atom. The summed E-state index contributed by atoms with van der Waals surface area (Å²) < 4.78 is 4.86. The molecule has 3 heteroatoms. The predicted molar refractivity (Wildman–Crippen MR) is 33.0 cm³/mol. The molecule has 0 aliphatic heterocycles. The molecule has 0 bridgehead atoms. The van der Waals surface area contributed by atoms with E-state index in [4.69, 9.17) is 21.4 Å². The normalized spacial score (nSPS) is 13.9. The van der Waals surface area contributed by atoms with Crippen molar-refractivity contribution in [2.75, 3.05) is 13.2 Å². The fourth-order valence-corrected chi connectivity index (χ4v) is 0.414. The van der Waals surface area contributed by atoms with Gasteiger partial charge >= 0.3 is 0 Å². The highest BCUT2D eigenvalue weighted by molar-refractivity contribution is 6.19. The average molecular weight is 139 g/mol. The summed E-state index contributed by atoms with van der Waals surface area (Å²) >= 11 is 5.14. The molecule has 1 atom stereocenters. The first-order valence-corrected chi connectivity index (χ1v) is 3.11. The summed E-state index contributed by atoms with van der Waals surface area (Å²) in [6.45, 7) is 2.90. The predicted octanol–water partition coefficient (Wildman–Crippen LogP) is 0.970. The molecule has 0 aliphatic carbocycles. The molecule has 0 heterocycles. The monoisotopic (exact) mass is 138 g/mol. The molecule has 1 N–H and O–H groups in total. The zero-order valence-electron chi connectivity index (χ0n) is 4.93. The van der Waals surface area contributed by atoms with E-state index in [-0.39, 0.29) is 6.61 Å². The van der Waals surface area contributed by atoms with Gasteiger partial charge in [0.15, 0.2) is 5.56 Å². The van der Waals surface area contributed by atoms with Crippen molar-refractivity contribution < 1.29 is 9.84 Å². The van der Waals surface area contributed by atoms with E-state index in [0.717, 1.165) is 6.42 Å². The lowest BCUT2D eigenvalue weighted by Crippen LogP contribution is -2.07. The summed E-state index contributed by atoms with van der Waals surface area (Å²) in [4.78, 5) is 0. The van der Waals surface area contributed by atoms with Crippen molar-refractivity contribution in [2.45, 2.75) is 18.9 Å². The Morgan fingerprint density at radius 1 is 1.75 bits per heavy atom. The van der Waals surface area contributed by atoms with Crippen LogP contribution in [0.1, 0.15) is 13.3 Å². The first-order chi connectivity index (χ1) is 3.77. The van der Waals surface area contributed by atoms with Crippen LogP contribution >= 0.6 is 11.6 Å². The lowest BCUT2D eigenvalue weighted by Gasteiger charge is -2.01. The molecule has 8 heavy (non-hydrogen) atoms. The molecular weight excluding hydrogens is 128 g/mol. The summed E-state index contributed by atoms with van der Waals surface area (Å²) in [7, 11) is 0. The van der Waals surface area contributed by atoms with E-state index in [0.29, 0.717) is 6.61 Å². The first-order valence-electron chi connectivity index (χ1n) is 2.67. The zero-order valence-corrected chi connectivity index (χ0v) is 5.69. The van der Waals surface area contributed by atoms with Crippen molar-refractivity contribution in [2.24, 2.45) is 0 Å². The molecule has 0 saturated carbocycles.